The Morgan fingerprint density at radius 1 is 1.19 bits per heavy atom. The van der Waals surface area contributed by atoms with Gasteiger partial charge >= 0.3 is 0 Å². The van der Waals surface area contributed by atoms with Crippen LogP contribution in [0.5, 0.6) is 0 Å². The van der Waals surface area contributed by atoms with E-state index in [1.807, 2.05) is 31.2 Å². The van der Waals surface area contributed by atoms with Crippen molar-refractivity contribution in [1.82, 2.24) is 25.5 Å². The molecule has 0 unspecified atom stereocenters. The standard InChI is InChI=1S/C17H23N7O2/c1-12-5-7-13(8-6-12)19-15(26)17(9-3-2-4-10-17)20-14(25)11-24-16(18)21-22-23-24/h5-8H,2-4,9-11H2,1H3,(H,19,26)(H,20,25)(H2,18,21,23). The molecule has 9 nitrogen and oxygen atoms in total. The van der Waals surface area contributed by atoms with Crippen LogP contribution in [0.15, 0.2) is 24.3 Å². The zero-order valence-corrected chi connectivity index (χ0v) is 14.7. The Morgan fingerprint density at radius 2 is 1.88 bits per heavy atom. The summed E-state index contributed by atoms with van der Waals surface area (Å²) in [5, 5.41) is 16.5. The van der Waals surface area contributed by atoms with Gasteiger partial charge in [-0.3, -0.25) is 9.59 Å². The minimum atomic E-state index is -0.928. The van der Waals surface area contributed by atoms with Gasteiger partial charge in [-0.05, 0) is 42.3 Å². The van der Waals surface area contributed by atoms with Crippen molar-refractivity contribution in [3.05, 3.63) is 29.8 Å². The normalized spacial score (nSPS) is 16.0. The van der Waals surface area contributed by atoms with Crippen molar-refractivity contribution in [3.8, 4) is 0 Å². The second-order valence-corrected chi connectivity index (χ2v) is 6.71. The highest BCUT2D eigenvalue weighted by Crippen LogP contribution is 2.29. The molecule has 1 aromatic heterocycles. The third-order valence-corrected chi connectivity index (χ3v) is 4.68. The average Bonchev–Trinajstić information content (AvgIpc) is 3.02. The highest BCUT2D eigenvalue weighted by atomic mass is 16.2. The van der Waals surface area contributed by atoms with E-state index in [2.05, 4.69) is 26.2 Å². The number of carbonyl (C=O) groups excluding carboxylic acids is 2. The lowest BCUT2D eigenvalue weighted by Gasteiger charge is -2.36. The van der Waals surface area contributed by atoms with Crippen LogP contribution in [-0.2, 0) is 16.1 Å². The number of aryl methyl sites for hydroxylation is 1. The summed E-state index contributed by atoms with van der Waals surface area (Å²) < 4.78 is 1.20. The number of benzene rings is 1. The third kappa shape index (κ3) is 3.98. The SMILES string of the molecule is Cc1ccc(NC(=O)C2(NC(=O)Cn3nnnc3N)CCCCC2)cc1. The van der Waals surface area contributed by atoms with E-state index in [0.717, 1.165) is 24.8 Å². The molecule has 1 aliphatic rings. The molecular formula is C17H23N7O2. The van der Waals surface area contributed by atoms with Crippen LogP contribution in [0.25, 0.3) is 0 Å². The van der Waals surface area contributed by atoms with Crippen LogP contribution < -0.4 is 16.4 Å². The maximum Gasteiger partial charge on any atom is 0.250 e. The Hall–Kier alpha value is -2.97. The van der Waals surface area contributed by atoms with Gasteiger partial charge in [0.25, 0.3) is 0 Å². The van der Waals surface area contributed by atoms with E-state index >= 15 is 0 Å². The van der Waals surface area contributed by atoms with Crippen LogP contribution >= 0.6 is 0 Å². The summed E-state index contributed by atoms with van der Waals surface area (Å²) in [4.78, 5) is 25.5. The lowest BCUT2D eigenvalue weighted by atomic mass is 9.80. The van der Waals surface area contributed by atoms with Gasteiger partial charge in [-0.15, -0.1) is 0 Å². The topological polar surface area (TPSA) is 128 Å². The second kappa shape index (κ2) is 7.51. The summed E-state index contributed by atoms with van der Waals surface area (Å²) in [6.07, 6.45) is 4.02. The van der Waals surface area contributed by atoms with Gasteiger partial charge in [0.2, 0.25) is 17.8 Å². The number of rotatable bonds is 5. The summed E-state index contributed by atoms with van der Waals surface area (Å²) in [7, 11) is 0. The number of anilines is 2. The molecule has 3 rings (SSSR count). The number of tetrazole rings is 1. The highest BCUT2D eigenvalue weighted by molar-refractivity contribution is 6.00. The largest absolute Gasteiger partial charge is 0.367 e. The van der Waals surface area contributed by atoms with Crippen LogP contribution in [0.4, 0.5) is 11.6 Å². The number of nitrogens with zero attached hydrogens (tertiary/aromatic N) is 4. The molecule has 26 heavy (non-hydrogen) atoms. The first-order chi connectivity index (χ1) is 12.5. The molecule has 0 atom stereocenters. The number of aromatic nitrogens is 4. The number of nitrogens with one attached hydrogen (secondary N) is 2. The van der Waals surface area contributed by atoms with Crippen LogP contribution in [0.3, 0.4) is 0 Å². The maximum absolute atomic E-state index is 13.0. The van der Waals surface area contributed by atoms with Gasteiger partial charge in [0, 0.05) is 5.69 Å². The molecule has 4 N–H and O–H groups in total. The fourth-order valence-electron chi connectivity index (χ4n) is 3.22. The molecule has 1 aromatic carbocycles. The van der Waals surface area contributed by atoms with Crippen LogP contribution in [0.1, 0.15) is 37.7 Å². The summed E-state index contributed by atoms with van der Waals surface area (Å²) in [5.74, 6) is -0.481. The molecule has 1 fully saturated rings. The molecule has 0 spiro atoms. The molecule has 9 heteroatoms. The van der Waals surface area contributed by atoms with Gasteiger partial charge in [-0.1, -0.05) is 42.1 Å². The molecule has 0 saturated heterocycles. The number of hydrogen-bond acceptors (Lipinski definition) is 6. The minimum Gasteiger partial charge on any atom is -0.367 e. The number of carbonyl (C=O) groups is 2. The van der Waals surface area contributed by atoms with Crippen molar-refractivity contribution in [1.29, 1.82) is 0 Å². The molecule has 1 saturated carbocycles. The first kappa shape index (κ1) is 17.8. The molecule has 0 bridgehead atoms. The fraction of sp³-hybridized carbons (Fsp3) is 0.471. The van der Waals surface area contributed by atoms with E-state index in [9.17, 15) is 9.59 Å². The molecule has 0 radical (unpaired) electrons. The number of amides is 2. The molecule has 1 aliphatic carbocycles. The summed E-state index contributed by atoms with van der Waals surface area (Å²) >= 11 is 0. The van der Waals surface area contributed by atoms with E-state index in [-0.39, 0.29) is 24.3 Å². The first-order valence-electron chi connectivity index (χ1n) is 8.69. The summed E-state index contributed by atoms with van der Waals surface area (Å²) in [6, 6.07) is 7.57. The first-order valence-corrected chi connectivity index (χ1v) is 8.69. The van der Waals surface area contributed by atoms with Crippen LogP contribution in [0, 0.1) is 6.92 Å². The second-order valence-electron chi connectivity index (χ2n) is 6.71. The molecule has 1 heterocycles. The smallest absolute Gasteiger partial charge is 0.250 e. The molecule has 2 aromatic rings. The summed E-state index contributed by atoms with van der Waals surface area (Å²) in [5.41, 5.74) is 6.50. The Morgan fingerprint density at radius 3 is 2.50 bits per heavy atom. The fourth-order valence-corrected chi connectivity index (χ4v) is 3.22. The zero-order chi connectivity index (χ0) is 18.6. The third-order valence-electron chi connectivity index (χ3n) is 4.68. The van der Waals surface area contributed by atoms with E-state index < -0.39 is 5.54 Å². The number of nitrogens with two attached hydrogens (primary N) is 1. The lowest BCUT2D eigenvalue weighted by Crippen LogP contribution is -2.58. The van der Waals surface area contributed by atoms with Gasteiger partial charge in [-0.2, -0.15) is 0 Å². The van der Waals surface area contributed by atoms with Crippen molar-refractivity contribution in [3.63, 3.8) is 0 Å². The molecule has 138 valence electrons. The Kier molecular flexibility index (Phi) is 5.15. The minimum absolute atomic E-state index is 0.0574. The zero-order valence-electron chi connectivity index (χ0n) is 14.7. The maximum atomic E-state index is 13.0. The Balaban J connectivity index is 1.72. The van der Waals surface area contributed by atoms with E-state index in [1.165, 1.54) is 4.68 Å². The van der Waals surface area contributed by atoms with E-state index in [4.69, 9.17) is 5.73 Å². The van der Waals surface area contributed by atoms with Crippen molar-refractivity contribution >= 4 is 23.5 Å². The van der Waals surface area contributed by atoms with Gasteiger partial charge in [0.05, 0.1) is 0 Å². The van der Waals surface area contributed by atoms with Crippen LogP contribution in [-0.4, -0.2) is 37.6 Å². The number of hydrogen-bond donors (Lipinski definition) is 3. The summed E-state index contributed by atoms with van der Waals surface area (Å²) in [6.45, 7) is 1.86. The van der Waals surface area contributed by atoms with Gasteiger partial charge in [-0.25, -0.2) is 4.68 Å². The predicted molar refractivity (Wildman–Crippen MR) is 96.0 cm³/mol. The Labute approximate surface area is 151 Å². The van der Waals surface area contributed by atoms with Gasteiger partial charge in [0.15, 0.2) is 0 Å². The highest BCUT2D eigenvalue weighted by Gasteiger charge is 2.41. The average molecular weight is 357 g/mol. The molecular weight excluding hydrogens is 334 g/mol. The van der Waals surface area contributed by atoms with E-state index in [1.54, 1.807) is 0 Å². The predicted octanol–water partition coefficient (Wildman–Crippen LogP) is 1.02. The Bertz CT molecular complexity index is 779. The van der Waals surface area contributed by atoms with Crippen molar-refractivity contribution in [2.24, 2.45) is 0 Å². The number of nitrogen functional groups attached to an aromatic ring is 1. The van der Waals surface area contributed by atoms with E-state index in [0.29, 0.717) is 18.5 Å². The van der Waals surface area contributed by atoms with Crippen molar-refractivity contribution in [2.45, 2.75) is 51.1 Å². The molecule has 2 amide bonds. The van der Waals surface area contributed by atoms with Crippen molar-refractivity contribution < 1.29 is 9.59 Å². The molecule has 0 aliphatic heterocycles. The van der Waals surface area contributed by atoms with Gasteiger partial charge in [0.1, 0.15) is 12.1 Å². The van der Waals surface area contributed by atoms with Gasteiger partial charge < -0.3 is 16.4 Å². The van der Waals surface area contributed by atoms with Crippen molar-refractivity contribution in [2.75, 3.05) is 11.1 Å². The quantitative estimate of drug-likeness (QED) is 0.733. The lowest BCUT2D eigenvalue weighted by molar-refractivity contribution is -0.132. The monoisotopic (exact) mass is 357 g/mol. The van der Waals surface area contributed by atoms with Crippen LogP contribution in [0.2, 0.25) is 0 Å².